The summed E-state index contributed by atoms with van der Waals surface area (Å²) in [6.45, 7) is 2.37. The van der Waals surface area contributed by atoms with Crippen molar-refractivity contribution < 1.29 is 23.7 Å². The first-order chi connectivity index (χ1) is 17.5. The summed E-state index contributed by atoms with van der Waals surface area (Å²) in [5.41, 5.74) is 2.45. The van der Waals surface area contributed by atoms with Crippen molar-refractivity contribution in [2.24, 2.45) is 7.05 Å². The Morgan fingerprint density at radius 1 is 1.25 bits per heavy atom. The summed E-state index contributed by atoms with van der Waals surface area (Å²) in [4.78, 5) is 2.11. The van der Waals surface area contributed by atoms with Gasteiger partial charge in [-0.15, -0.1) is 6.42 Å². The number of ether oxygens (including phenoxy) is 3. The smallest absolute Gasteiger partial charge is 0.222 e. The number of aromatic nitrogens is 2. The Kier molecular flexibility index (Phi) is 9.09. The lowest BCUT2D eigenvalue weighted by molar-refractivity contribution is 0.00943. The second-order valence-electron chi connectivity index (χ2n) is 8.86. The van der Waals surface area contributed by atoms with Crippen LogP contribution in [-0.2, 0) is 23.1 Å². The molecule has 0 spiro atoms. The maximum Gasteiger partial charge on any atom is 0.222 e. The molecular weight excluding hydrogens is 461 g/mol. The minimum atomic E-state index is -0.743. The van der Waals surface area contributed by atoms with Gasteiger partial charge in [0, 0.05) is 38.9 Å². The van der Waals surface area contributed by atoms with E-state index >= 15 is 0 Å². The summed E-state index contributed by atoms with van der Waals surface area (Å²) in [6, 6.07) is 16.1. The van der Waals surface area contributed by atoms with Crippen molar-refractivity contribution in [3.8, 4) is 35.2 Å². The Labute approximate surface area is 211 Å². The molecule has 1 aliphatic heterocycles. The number of aliphatic hydroxyl groups excluding tert-OH is 1. The average molecular weight is 494 g/mol. The highest BCUT2D eigenvalue weighted by molar-refractivity contribution is 5.65. The summed E-state index contributed by atoms with van der Waals surface area (Å²) in [7, 11) is 1.78. The first-order valence-corrected chi connectivity index (χ1v) is 12.1. The fourth-order valence-electron chi connectivity index (χ4n) is 4.39. The van der Waals surface area contributed by atoms with Crippen molar-refractivity contribution in [1.82, 2.24) is 14.7 Å². The van der Waals surface area contributed by atoms with Gasteiger partial charge in [0.25, 0.3) is 0 Å². The third-order valence-corrected chi connectivity index (χ3v) is 6.01. The lowest BCUT2D eigenvalue weighted by atomic mass is 10.1. The maximum absolute atomic E-state index is 14.5. The van der Waals surface area contributed by atoms with Crippen molar-refractivity contribution in [2.75, 3.05) is 32.9 Å². The SMILES string of the molecule is C#CCOCC(O)CN(Cc1c(-c2ccccc2)nn(C)c1Oc1ccccc1F)CC1CCCO1. The predicted octanol–water partition coefficient (Wildman–Crippen LogP) is 4.01. The maximum atomic E-state index is 14.5. The molecule has 4 rings (SSSR count). The van der Waals surface area contributed by atoms with Crippen LogP contribution in [0, 0.1) is 18.2 Å². The minimum absolute atomic E-state index is 0.0663. The molecule has 1 fully saturated rings. The summed E-state index contributed by atoms with van der Waals surface area (Å²) >= 11 is 0. The molecule has 8 heteroatoms. The highest BCUT2D eigenvalue weighted by Gasteiger charge is 2.27. The van der Waals surface area contributed by atoms with Gasteiger partial charge >= 0.3 is 0 Å². The van der Waals surface area contributed by atoms with E-state index in [4.69, 9.17) is 25.7 Å². The van der Waals surface area contributed by atoms with Crippen LogP contribution in [0.15, 0.2) is 54.6 Å². The van der Waals surface area contributed by atoms with Gasteiger partial charge in [-0.1, -0.05) is 48.4 Å². The predicted molar refractivity (Wildman–Crippen MR) is 135 cm³/mol. The molecule has 1 N–H and O–H groups in total. The molecule has 2 atom stereocenters. The molecule has 1 aliphatic rings. The Morgan fingerprint density at radius 3 is 2.75 bits per heavy atom. The zero-order valence-corrected chi connectivity index (χ0v) is 20.5. The molecule has 2 heterocycles. The van der Waals surface area contributed by atoms with Crippen molar-refractivity contribution in [3.63, 3.8) is 0 Å². The van der Waals surface area contributed by atoms with Crippen LogP contribution >= 0.6 is 0 Å². The third kappa shape index (κ3) is 6.71. The molecular formula is C28H32FN3O4. The van der Waals surface area contributed by atoms with Gasteiger partial charge in [-0.2, -0.15) is 5.10 Å². The fourth-order valence-corrected chi connectivity index (χ4v) is 4.39. The monoisotopic (exact) mass is 493 g/mol. The van der Waals surface area contributed by atoms with Gasteiger partial charge < -0.3 is 19.3 Å². The van der Waals surface area contributed by atoms with E-state index in [1.54, 1.807) is 29.9 Å². The standard InChI is InChI=1S/C28H32FN3O4/c1-3-15-34-20-22(33)17-32(18-23-12-9-16-35-23)19-24-27(21-10-5-4-6-11-21)30-31(2)28(24)36-26-14-8-7-13-25(26)29/h1,4-8,10-11,13-14,22-23,33H,9,12,15-20H2,2H3. The number of terminal acetylenes is 1. The average Bonchev–Trinajstić information content (AvgIpc) is 3.49. The molecule has 190 valence electrons. The third-order valence-electron chi connectivity index (χ3n) is 6.01. The number of rotatable bonds is 12. The quantitative estimate of drug-likeness (QED) is 0.304. The zero-order chi connectivity index (χ0) is 25.3. The van der Waals surface area contributed by atoms with E-state index in [1.807, 2.05) is 30.3 Å². The van der Waals surface area contributed by atoms with E-state index in [0.717, 1.165) is 36.3 Å². The van der Waals surface area contributed by atoms with Gasteiger partial charge in [0.15, 0.2) is 11.6 Å². The van der Waals surface area contributed by atoms with Crippen molar-refractivity contribution in [2.45, 2.75) is 31.6 Å². The summed E-state index contributed by atoms with van der Waals surface area (Å²) in [5.74, 6) is 2.52. The number of aryl methyl sites for hydroxylation is 1. The Bertz CT molecular complexity index is 1160. The first-order valence-electron chi connectivity index (χ1n) is 12.1. The van der Waals surface area contributed by atoms with E-state index in [9.17, 15) is 9.50 Å². The number of para-hydroxylation sites is 1. The molecule has 0 bridgehead atoms. The zero-order valence-electron chi connectivity index (χ0n) is 20.5. The minimum Gasteiger partial charge on any atom is -0.436 e. The molecule has 0 aliphatic carbocycles. The number of aliphatic hydroxyl groups is 1. The summed E-state index contributed by atoms with van der Waals surface area (Å²) < 4.78 is 33.4. The molecule has 1 aromatic heterocycles. The molecule has 36 heavy (non-hydrogen) atoms. The summed E-state index contributed by atoms with van der Waals surface area (Å²) in [6.07, 6.45) is 6.55. The number of hydrogen-bond acceptors (Lipinski definition) is 6. The number of hydrogen-bond donors (Lipinski definition) is 1. The van der Waals surface area contributed by atoms with Gasteiger partial charge in [0.05, 0.1) is 24.4 Å². The van der Waals surface area contributed by atoms with E-state index in [2.05, 4.69) is 10.8 Å². The normalized spacial score (nSPS) is 16.2. The van der Waals surface area contributed by atoms with Crippen LogP contribution in [0.3, 0.4) is 0 Å². The van der Waals surface area contributed by atoms with Gasteiger partial charge in [-0.3, -0.25) is 4.90 Å². The van der Waals surface area contributed by atoms with E-state index in [-0.39, 0.29) is 25.1 Å². The van der Waals surface area contributed by atoms with E-state index < -0.39 is 11.9 Å². The highest BCUT2D eigenvalue weighted by atomic mass is 19.1. The van der Waals surface area contributed by atoms with Crippen molar-refractivity contribution in [1.29, 1.82) is 0 Å². The van der Waals surface area contributed by atoms with Gasteiger partial charge in [-0.25, -0.2) is 9.07 Å². The lowest BCUT2D eigenvalue weighted by Gasteiger charge is -2.27. The Balaban J connectivity index is 1.66. The van der Waals surface area contributed by atoms with Crippen LogP contribution in [0.4, 0.5) is 4.39 Å². The Morgan fingerprint density at radius 2 is 2.03 bits per heavy atom. The fraction of sp³-hybridized carbons (Fsp3) is 0.393. The largest absolute Gasteiger partial charge is 0.436 e. The van der Waals surface area contributed by atoms with Crippen LogP contribution in [0.2, 0.25) is 0 Å². The number of halogens is 1. The molecule has 0 radical (unpaired) electrons. The van der Waals surface area contributed by atoms with Crippen molar-refractivity contribution >= 4 is 0 Å². The Hall–Kier alpha value is -3.22. The molecule has 0 amide bonds. The number of benzene rings is 2. The first kappa shape index (κ1) is 25.9. The van der Waals surface area contributed by atoms with Crippen LogP contribution in [-0.4, -0.2) is 64.9 Å². The van der Waals surface area contributed by atoms with Crippen LogP contribution in [0.25, 0.3) is 11.3 Å². The molecule has 1 saturated heterocycles. The van der Waals surface area contributed by atoms with Gasteiger partial charge in [0.1, 0.15) is 12.3 Å². The molecule has 7 nitrogen and oxygen atoms in total. The molecule has 2 unspecified atom stereocenters. The lowest BCUT2D eigenvalue weighted by Crippen LogP contribution is -2.39. The van der Waals surface area contributed by atoms with Crippen LogP contribution < -0.4 is 4.74 Å². The molecule has 2 aromatic carbocycles. The molecule has 3 aromatic rings. The summed E-state index contributed by atoms with van der Waals surface area (Å²) in [5, 5.41) is 15.4. The van der Waals surface area contributed by atoms with Crippen molar-refractivity contribution in [3.05, 3.63) is 66.0 Å². The van der Waals surface area contributed by atoms with Crippen LogP contribution in [0.5, 0.6) is 11.6 Å². The molecule has 0 saturated carbocycles. The van der Waals surface area contributed by atoms with Gasteiger partial charge in [0.2, 0.25) is 5.88 Å². The van der Waals surface area contributed by atoms with E-state index in [0.29, 0.717) is 25.5 Å². The highest BCUT2D eigenvalue weighted by Crippen LogP contribution is 2.35. The van der Waals surface area contributed by atoms with Crippen LogP contribution in [0.1, 0.15) is 18.4 Å². The second-order valence-corrected chi connectivity index (χ2v) is 8.86. The van der Waals surface area contributed by atoms with Gasteiger partial charge in [-0.05, 0) is 25.0 Å². The second kappa shape index (κ2) is 12.7. The van der Waals surface area contributed by atoms with E-state index in [1.165, 1.54) is 6.07 Å². The number of nitrogens with zero attached hydrogens (tertiary/aromatic N) is 3. The topological polar surface area (TPSA) is 69.0 Å².